The van der Waals surface area contributed by atoms with Gasteiger partial charge >= 0.3 is 5.97 Å². The van der Waals surface area contributed by atoms with Gasteiger partial charge in [-0.2, -0.15) is 5.26 Å². The van der Waals surface area contributed by atoms with Crippen LogP contribution in [0.5, 0.6) is 0 Å². The number of nitriles is 1. The molecule has 138 valence electrons. The Balaban J connectivity index is 1.50. The van der Waals surface area contributed by atoms with Gasteiger partial charge in [-0.3, -0.25) is 4.79 Å². The molecule has 1 N–H and O–H groups in total. The lowest BCUT2D eigenvalue weighted by atomic mass is 9.98. The van der Waals surface area contributed by atoms with Crippen LogP contribution in [0.1, 0.15) is 46.7 Å². The average Bonchev–Trinajstić information content (AvgIpc) is 3.53. The van der Waals surface area contributed by atoms with Crippen LogP contribution in [-0.4, -0.2) is 35.5 Å². The average molecular weight is 391 g/mol. The molecule has 0 aromatic heterocycles. The van der Waals surface area contributed by atoms with Crippen molar-refractivity contribution in [2.24, 2.45) is 5.92 Å². The van der Waals surface area contributed by atoms with E-state index in [9.17, 15) is 14.9 Å². The highest BCUT2D eigenvalue weighted by atomic mass is 32.2. The maximum atomic E-state index is 12.1. The largest absolute Gasteiger partial charge is 0.452 e. The molecule has 0 unspecified atom stereocenters. The maximum Gasteiger partial charge on any atom is 0.338 e. The van der Waals surface area contributed by atoms with E-state index in [1.165, 1.54) is 23.5 Å². The Labute approximate surface area is 162 Å². The zero-order chi connectivity index (χ0) is 18.6. The molecular weight excluding hydrogens is 368 g/mol. The number of carbonyl (C=O) groups excluding carboxylic acids is 2. The number of nitrogens with zero attached hydrogens (tertiary/aromatic N) is 1. The topological polar surface area (TPSA) is 79.2 Å². The third kappa shape index (κ3) is 4.74. The smallest absolute Gasteiger partial charge is 0.338 e. The Morgan fingerprint density at radius 3 is 2.50 bits per heavy atom. The zero-order valence-corrected chi connectivity index (χ0v) is 16.3. The lowest BCUT2D eigenvalue weighted by Gasteiger charge is -2.22. The molecule has 1 saturated heterocycles. The Morgan fingerprint density at radius 2 is 1.92 bits per heavy atom. The minimum atomic E-state index is -0.875. The van der Waals surface area contributed by atoms with E-state index in [1.54, 1.807) is 19.1 Å². The standard InChI is InChI=1S/C19H22N2O3S2/c1-19(12-20,15-7-8-15)21-16(22)11-24-17(23)13-3-5-14(6-4-13)18-25-9-2-10-26-18/h3-6,15,18H,2,7-11H2,1H3,(H,21,22)/t19-/m0/s1. The fourth-order valence-corrected chi connectivity index (χ4v) is 5.77. The number of hydrogen-bond donors (Lipinski definition) is 1. The second-order valence-electron chi connectivity index (χ2n) is 6.76. The molecule has 1 aliphatic carbocycles. The predicted octanol–water partition coefficient (Wildman–Crippen LogP) is 3.52. The van der Waals surface area contributed by atoms with Crippen molar-refractivity contribution in [3.8, 4) is 6.07 Å². The quantitative estimate of drug-likeness (QED) is 0.749. The van der Waals surface area contributed by atoms with Crippen molar-refractivity contribution in [2.45, 2.75) is 36.3 Å². The number of benzene rings is 1. The van der Waals surface area contributed by atoms with Crippen molar-refractivity contribution in [2.75, 3.05) is 18.1 Å². The number of nitrogens with one attached hydrogen (secondary N) is 1. The van der Waals surface area contributed by atoms with Crippen LogP contribution in [0.15, 0.2) is 24.3 Å². The molecule has 2 fully saturated rings. The number of esters is 1. The van der Waals surface area contributed by atoms with E-state index in [0.29, 0.717) is 10.1 Å². The zero-order valence-electron chi connectivity index (χ0n) is 14.7. The highest BCUT2D eigenvalue weighted by molar-refractivity contribution is 8.16. The summed E-state index contributed by atoms with van der Waals surface area (Å²) in [5, 5.41) is 11.9. The lowest BCUT2D eigenvalue weighted by Crippen LogP contribution is -2.48. The molecule has 0 bridgehead atoms. The van der Waals surface area contributed by atoms with Crippen molar-refractivity contribution >= 4 is 35.4 Å². The van der Waals surface area contributed by atoms with Gasteiger partial charge in [0.2, 0.25) is 0 Å². The summed E-state index contributed by atoms with van der Waals surface area (Å²) in [7, 11) is 0. The van der Waals surface area contributed by atoms with Crippen LogP contribution in [0.2, 0.25) is 0 Å². The van der Waals surface area contributed by atoms with Crippen molar-refractivity contribution in [1.29, 1.82) is 5.26 Å². The van der Waals surface area contributed by atoms with Gasteiger partial charge in [0.25, 0.3) is 5.91 Å². The van der Waals surface area contributed by atoms with Crippen molar-refractivity contribution in [1.82, 2.24) is 5.32 Å². The molecule has 1 saturated carbocycles. The molecule has 1 heterocycles. The van der Waals surface area contributed by atoms with Crippen LogP contribution < -0.4 is 5.32 Å². The summed E-state index contributed by atoms with van der Waals surface area (Å²) in [6.45, 7) is 1.34. The minimum Gasteiger partial charge on any atom is -0.452 e. The number of amides is 1. The predicted molar refractivity (Wildman–Crippen MR) is 104 cm³/mol. The second kappa shape index (κ2) is 8.36. The third-order valence-corrected chi connectivity index (χ3v) is 7.62. The highest BCUT2D eigenvalue weighted by Gasteiger charge is 2.43. The molecule has 1 atom stereocenters. The first kappa shape index (κ1) is 19.1. The summed E-state index contributed by atoms with van der Waals surface area (Å²) in [4.78, 5) is 24.1. The van der Waals surface area contributed by atoms with Gasteiger partial charge in [-0.05, 0) is 61.3 Å². The lowest BCUT2D eigenvalue weighted by molar-refractivity contribution is -0.125. The molecule has 0 radical (unpaired) electrons. The summed E-state index contributed by atoms with van der Waals surface area (Å²) in [5.74, 6) is 1.55. The van der Waals surface area contributed by atoms with Gasteiger partial charge in [-0.15, -0.1) is 23.5 Å². The van der Waals surface area contributed by atoms with Crippen LogP contribution in [-0.2, 0) is 9.53 Å². The summed E-state index contributed by atoms with van der Waals surface area (Å²) < 4.78 is 5.52. The Bertz CT molecular complexity index is 706. The molecule has 1 aromatic carbocycles. The first-order valence-corrected chi connectivity index (χ1v) is 10.8. The van der Waals surface area contributed by atoms with Crippen LogP contribution >= 0.6 is 23.5 Å². The highest BCUT2D eigenvalue weighted by Crippen LogP contribution is 2.43. The Morgan fingerprint density at radius 1 is 1.27 bits per heavy atom. The molecule has 7 heteroatoms. The van der Waals surface area contributed by atoms with Gasteiger partial charge in [0.1, 0.15) is 5.54 Å². The SMILES string of the molecule is C[C@@](C#N)(NC(=O)COC(=O)c1ccc(C2SCCCS2)cc1)C1CC1. The maximum absolute atomic E-state index is 12.1. The van der Waals surface area contributed by atoms with E-state index in [0.717, 1.165) is 12.8 Å². The molecule has 2 aliphatic rings. The fraction of sp³-hybridized carbons (Fsp3) is 0.526. The van der Waals surface area contributed by atoms with E-state index in [1.807, 2.05) is 35.7 Å². The summed E-state index contributed by atoms with van der Waals surface area (Å²) in [6, 6.07) is 9.54. The number of rotatable bonds is 6. The van der Waals surface area contributed by atoms with E-state index in [-0.39, 0.29) is 12.5 Å². The van der Waals surface area contributed by atoms with Crippen molar-refractivity contribution < 1.29 is 14.3 Å². The Hall–Kier alpha value is -1.65. The van der Waals surface area contributed by atoms with Crippen molar-refractivity contribution in [3.63, 3.8) is 0 Å². The first-order valence-electron chi connectivity index (χ1n) is 8.74. The molecule has 0 spiro atoms. The minimum absolute atomic E-state index is 0.190. The van der Waals surface area contributed by atoms with E-state index in [4.69, 9.17) is 4.74 Å². The van der Waals surface area contributed by atoms with E-state index >= 15 is 0 Å². The van der Waals surface area contributed by atoms with E-state index in [2.05, 4.69) is 11.4 Å². The first-order chi connectivity index (χ1) is 12.5. The molecule has 1 aromatic rings. The van der Waals surface area contributed by atoms with Crippen molar-refractivity contribution in [3.05, 3.63) is 35.4 Å². The fourth-order valence-electron chi connectivity index (χ4n) is 2.88. The molecule has 1 aliphatic heterocycles. The molecule has 5 nitrogen and oxygen atoms in total. The molecule has 26 heavy (non-hydrogen) atoms. The summed E-state index contributed by atoms with van der Waals surface area (Å²) in [5.41, 5.74) is 0.751. The van der Waals surface area contributed by atoms with Gasteiger partial charge in [-0.1, -0.05) is 12.1 Å². The molecule has 1 amide bonds. The van der Waals surface area contributed by atoms with Gasteiger partial charge in [0, 0.05) is 0 Å². The summed E-state index contributed by atoms with van der Waals surface area (Å²) >= 11 is 3.85. The van der Waals surface area contributed by atoms with E-state index < -0.39 is 17.4 Å². The monoisotopic (exact) mass is 390 g/mol. The van der Waals surface area contributed by atoms with Gasteiger partial charge < -0.3 is 10.1 Å². The number of carbonyl (C=O) groups is 2. The molecule has 3 rings (SSSR count). The van der Waals surface area contributed by atoms with Crippen LogP contribution in [0, 0.1) is 17.2 Å². The molecular formula is C19H22N2O3S2. The van der Waals surface area contributed by atoms with Crippen LogP contribution in [0.25, 0.3) is 0 Å². The number of thioether (sulfide) groups is 2. The summed E-state index contributed by atoms with van der Waals surface area (Å²) in [6.07, 6.45) is 3.12. The van der Waals surface area contributed by atoms with Crippen LogP contribution in [0.3, 0.4) is 0 Å². The van der Waals surface area contributed by atoms with Gasteiger partial charge in [0.15, 0.2) is 6.61 Å². The second-order valence-corrected chi connectivity index (χ2v) is 9.49. The van der Waals surface area contributed by atoms with Gasteiger partial charge in [0.05, 0.1) is 16.2 Å². The number of hydrogen-bond acceptors (Lipinski definition) is 6. The van der Waals surface area contributed by atoms with Gasteiger partial charge in [-0.25, -0.2) is 4.79 Å². The Kier molecular flexibility index (Phi) is 6.15. The number of ether oxygens (including phenoxy) is 1. The normalized spacial score (nSPS) is 19.8. The van der Waals surface area contributed by atoms with Crippen LogP contribution in [0.4, 0.5) is 0 Å². The third-order valence-electron chi connectivity index (χ3n) is 4.61.